The van der Waals surface area contributed by atoms with Crippen LogP contribution in [0.25, 0.3) is 0 Å². The van der Waals surface area contributed by atoms with E-state index in [2.05, 4.69) is 36.5 Å². The van der Waals surface area contributed by atoms with Gasteiger partial charge in [0.1, 0.15) is 12.1 Å². The molecule has 0 spiro atoms. The van der Waals surface area contributed by atoms with Crippen LogP contribution in [0.5, 0.6) is 0 Å². The van der Waals surface area contributed by atoms with E-state index in [-0.39, 0.29) is 28.7 Å². The summed E-state index contributed by atoms with van der Waals surface area (Å²) in [5.74, 6) is -1.09. The highest BCUT2D eigenvalue weighted by Gasteiger charge is 2.24. The Kier molecular flexibility index (Phi) is 5.40. The van der Waals surface area contributed by atoms with Gasteiger partial charge >= 0.3 is 5.69 Å². The van der Waals surface area contributed by atoms with Crippen molar-refractivity contribution in [3.8, 4) is 0 Å². The number of hydrogen-bond acceptors (Lipinski definition) is 8. The fraction of sp³-hybridized carbons (Fsp3) is 0. The molecule has 10 nitrogen and oxygen atoms in total. The Morgan fingerprint density at radius 2 is 1.68 bits per heavy atom. The van der Waals surface area contributed by atoms with Crippen LogP contribution in [0.3, 0.4) is 0 Å². The van der Waals surface area contributed by atoms with Gasteiger partial charge in [0, 0.05) is 22.3 Å². The number of hydrogen-bond donors (Lipinski definition) is 2. The van der Waals surface area contributed by atoms with Crippen molar-refractivity contribution in [3.63, 3.8) is 0 Å². The summed E-state index contributed by atoms with van der Waals surface area (Å²) in [5, 5.41) is 27.7. The van der Waals surface area contributed by atoms with Gasteiger partial charge in [0.15, 0.2) is 0 Å². The van der Waals surface area contributed by atoms with E-state index < -0.39 is 21.4 Å². The molecular weight excluding hydrogens is 439 g/mol. The highest BCUT2D eigenvalue weighted by atomic mass is 79.9. The van der Waals surface area contributed by atoms with E-state index in [0.29, 0.717) is 4.47 Å². The van der Waals surface area contributed by atoms with Crippen molar-refractivity contribution < 1.29 is 14.2 Å². The van der Waals surface area contributed by atoms with Crippen LogP contribution >= 0.6 is 15.9 Å². The molecule has 2 aromatic carbocycles. The quantitative estimate of drug-likeness (QED) is 0.409. The molecule has 1 aromatic heterocycles. The monoisotopic (exact) mass is 448 g/mol. The summed E-state index contributed by atoms with van der Waals surface area (Å²) >= 11 is 3.12. The smallest absolute Gasteiger partial charge is 0.334 e. The highest BCUT2D eigenvalue weighted by molar-refractivity contribution is 9.10. The average Bonchev–Trinajstić information content (AvgIpc) is 2.64. The van der Waals surface area contributed by atoms with E-state index in [0.717, 1.165) is 6.33 Å². The van der Waals surface area contributed by atoms with Gasteiger partial charge in [0.25, 0.3) is 5.69 Å². The van der Waals surface area contributed by atoms with Crippen molar-refractivity contribution in [3.05, 3.63) is 79.3 Å². The minimum absolute atomic E-state index is 0.0219. The van der Waals surface area contributed by atoms with Crippen molar-refractivity contribution in [2.24, 2.45) is 0 Å². The molecule has 1 heterocycles. The van der Waals surface area contributed by atoms with E-state index in [4.69, 9.17) is 0 Å². The molecule has 0 aliphatic carbocycles. The first-order valence-electron chi connectivity index (χ1n) is 7.58. The maximum absolute atomic E-state index is 14.1. The van der Waals surface area contributed by atoms with E-state index >= 15 is 0 Å². The van der Waals surface area contributed by atoms with Crippen LogP contribution in [0.15, 0.2) is 53.3 Å². The van der Waals surface area contributed by atoms with Gasteiger partial charge in [0.2, 0.25) is 11.6 Å². The van der Waals surface area contributed by atoms with Gasteiger partial charge < -0.3 is 10.6 Å². The Morgan fingerprint density at radius 3 is 2.32 bits per heavy atom. The molecule has 0 saturated heterocycles. The lowest BCUT2D eigenvalue weighted by Crippen LogP contribution is -2.06. The second kappa shape index (κ2) is 7.92. The second-order valence-electron chi connectivity index (χ2n) is 5.36. The number of non-ortho nitro benzene ring substituents is 1. The zero-order valence-electron chi connectivity index (χ0n) is 13.8. The van der Waals surface area contributed by atoms with E-state index in [1.807, 2.05) is 0 Å². The Bertz CT molecular complexity index is 1080. The maximum Gasteiger partial charge on any atom is 0.353 e. The third-order valence-corrected chi connectivity index (χ3v) is 4.00. The highest BCUT2D eigenvalue weighted by Crippen LogP contribution is 2.34. The number of halogens is 2. The second-order valence-corrected chi connectivity index (χ2v) is 6.27. The van der Waals surface area contributed by atoms with Gasteiger partial charge in [-0.15, -0.1) is 0 Å². The number of nitro groups is 2. The summed E-state index contributed by atoms with van der Waals surface area (Å²) in [6.45, 7) is 0. The zero-order valence-corrected chi connectivity index (χ0v) is 15.4. The van der Waals surface area contributed by atoms with Crippen molar-refractivity contribution in [2.45, 2.75) is 0 Å². The minimum atomic E-state index is -0.737. The summed E-state index contributed by atoms with van der Waals surface area (Å²) in [6.07, 6.45) is 1.05. The van der Waals surface area contributed by atoms with Crippen LogP contribution < -0.4 is 10.6 Å². The fourth-order valence-corrected chi connectivity index (χ4v) is 2.62. The van der Waals surface area contributed by atoms with Crippen LogP contribution in [-0.4, -0.2) is 19.8 Å². The Balaban J connectivity index is 1.99. The predicted octanol–water partition coefficient (Wildman–Crippen LogP) is 4.68. The van der Waals surface area contributed by atoms with Gasteiger partial charge in [-0.2, -0.15) is 0 Å². The van der Waals surface area contributed by atoms with Crippen molar-refractivity contribution in [2.75, 3.05) is 10.6 Å². The minimum Gasteiger partial charge on any atom is -0.334 e. The van der Waals surface area contributed by atoms with E-state index in [9.17, 15) is 24.6 Å². The molecule has 0 saturated carbocycles. The van der Waals surface area contributed by atoms with Crippen molar-refractivity contribution in [1.82, 2.24) is 9.97 Å². The first-order valence-corrected chi connectivity index (χ1v) is 8.37. The molecule has 2 N–H and O–H groups in total. The molecule has 142 valence electrons. The van der Waals surface area contributed by atoms with Crippen molar-refractivity contribution >= 4 is 50.3 Å². The van der Waals surface area contributed by atoms with Gasteiger partial charge in [-0.1, -0.05) is 22.0 Å². The molecule has 3 rings (SSSR count). The largest absolute Gasteiger partial charge is 0.353 e. The Morgan fingerprint density at radius 1 is 0.964 bits per heavy atom. The summed E-state index contributed by atoms with van der Waals surface area (Å²) < 4.78 is 14.6. The summed E-state index contributed by atoms with van der Waals surface area (Å²) in [6, 6.07) is 9.53. The molecule has 0 aliphatic rings. The van der Waals surface area contributed by atoms with E-state index in [1.54, 1.807) is 6.07 Å². The van der Waals surface area contributed by atoms with Crippen LogP contribution in [0.1, 0.15) is 0 Å². The number of nitrogens with zero attached hydrogens (tertiary/aromatic N) is 4. The third kappa shape index (κ3) is 4.17. The Labute approximate surface area is 164 Å². The summed E-state index contributed by atoms with van der Waals surface area (Å²) in [4.78, 5) is 28.8. The van der Waals surface area contributed by atoms with Crippen LogP contribution in [0.2, 0.25) is 0 Å². The molecular formula is C16H10BrFN6O4. The van der Waals surface area contributed by atoms with Gasteiger partial charge in [-0.3, -0.25) is 20.2 Å². The third-order valence-electron chi connectivity index (χ3n) is 3.51. The van der Waals surface area contributed by atoms with Crippen LogP contribution in [0.4, 0.5) is 38.8 Å². The average molecular weight is 449 g/mol. The topological polar surface area (TPSA) is 136 Å². The van der Waals surface area contributed by atoms with Crippen LogP contribution in [-0.2, 0) is 0 Å². The number of rotatable bonds is 6. The summed E-state index contributed by atoms with van der Waals surface area (Å²) in [5.41, 5.74) is -0.545. The first kappa shape index (κ1) is 19.1. The van der Waals surface area contributed by atoms with Crippen molar-refractivity contribution in [1.29, 1.82) is 0 Å². The van der Waals surface area contributed by atoms with Crippen LogP contribution in [0, 0.1) is 26.0 Å². The molecule has 0 unspecified atom stereocenters. The molecule has 3 aromatic rings. The molecule has 0 amide bonds. The number of aromatic nitrogens is 2. The number of benzene rings is 2. The lowest BCUT2D eigenvalue weighted by atomic mass is 10.2. The molecule has 0 bridgehead atoms. The molecule has 0 fully saturated rings. The normalized spacial score (nSPS) is 10.4. The standard InChI is InChI=1S/C16H10BrFN6O4/c17-9-4-5-13(12(18)6-9)22-16-14(24(27)28)15(19-8-20-16)21-10-2-1-3-11(7-10)23(25)26/h1-8H,(H2,19,20,21,22). The number of anilines is 4. The first-order chi connectivity index (χ1) is 13.3. The molecule has 28 heavy (non-hydrogen) atoms. The molecule has 12 heteroatoms. The zero-order chi connectivity index (χ0) is 20.3. The SMILES string of the molecule is O=[N+]([O-])c1cccc(Nc2ncnc(Nc3ccc(Br)cc3F)c2[N+](=O)[O-])c1. The number of nitrogens with one attached hydrogen (secondary N) is 2. The Hall–Kier alpha value is -3.67. The number of nitro benzene ring substituents is 1. The molecule has 0 atom stereocenters. The molecule has 0 radical (unpaired) electrons. The van der Waals surface area contributed by atoms with E-state index in [1.165, 1.54) is 36.4 Å². The lowest BCUT2D eigenvalue weighted by molar-refractivity contribution is -0.384. The molecule has 0 aliphatic heterocycles. The van der Waals surface area contributed by atoms with Gasteiger partial charge in [-0.25, -0.2) is 14.4 Å². The van der Waals surface area contributed by atoms with Gasteiger partial charge in [-0.05, 0) is 24.3 Å². The maximum atomic E-state index is 14.1. The summed E-state index contributed by atoms with van der Waals surface area (Å²) in [7, 11) is 0. The van der Waals surface area contributed by atoms with Gasteiger partial charge in [0.05, 0.1) is 15.5 Å². The lowest BCUT2D eigenvalue weighted by Gasteiger charge is -2.10. The predicted molar refractivity (Wildman–Crippen MR) is 102 cm³/mol. The fourth-order valence-electron chi connectivity index (χ4n) is 2.29.